The number of carbonyl (C=O) groups is 3. The number of anilines is 1. The van der Waals surface area contributed by atoms with Crippen LogP contribution in [0, 0.1) is 12.8 Å². The van der Waals surface area contributed by atoms with Crippen LogP contribution in [0.1, 0.15) is 86.3 Å². The van der Waals surface area contributed by atoms with E-state index in [-0.39, 0.29) is 12.6 Å². The van der Waals surface area contributed by atoms with E-state index in [1.54, 1.807) is 12.0 Å². The van der Waals surface area contributed by atoms with Gasteiger partial charge in [-0.2, -0.15) is 0 Å². The van der Waals surface area contributed by atoms with Crippen molar-refractivity contribution in [3.63, 3.8) is 0 Å². The summed E-state index contributed by atoms with van der Waals surface area (Å²) in [6.07, 6.45) is 6.66. The first-order valence-electron chi connectivity index (χ1n) is 14.3. The summed E-state index contributed by atoms with van der Waals surface area (Å²) < 4.78 is 11.3. The van der Waals surface area contributed by atoms with Crippen LogP contribution in [0.2, 0.25) is 0 Å². The number of urea groups is 1. The lowest BCUT2D eigenvalue weighted by molar-refractivity contribution is -0.142. The van der Waals surface area contributed by atoms with Crippen LogP contribution in [-0.4, -0.2) is 65.8 Å². The molecular formula is C30H45N3O6S. The molecule has 3 N–H and O–H groups in total. The van der Waals surface area contributed by atoms with Gasteiger partial charge in [0.05, 0.1) is 24.3 Å². The number of hydrogen-bond acceptors (Lipinski definition) is 7. The minimum Gasteiger partial charge on any atom is -0.496 e. The number of esters is 1. The Morgan fingerprint density at radius 2 is 2.05 bits per heavy atom. The Labute approximate surface area is 242 Å². The third-order valence-electron chi connectivity index (χ3n) is 8.05. The van der Waals surface area contributed by atoms with Crippen LogP contribution in [0.3, 0.4) is 0 Å². The monoisotopic (exact) mass is 575 g/mol. The molecule has 1 fully saturated rings. The van der Waals surface area contributed by atoms with Crippen molar-refractivity contribution in [3.05, 3.63) is 33.9 Å². The van der Waals surface area contributed by atoms with E-state index >= 15 is 0 Å². The third-order valence-corrected chi connectivity index (χ3v) is 9.06. The molecule has 0 bridgehead atoms. The van der Waals surface area contributed by atoms with E-state index in [1.807, 2.05) is 38.6 Å². The molecule has 2 aliphatic heterocycles. The number of nitrogens with two attached hydrogens (primary N) is 1. The Kier molecular flexibility index (Phi) is 11.7. The van der Waals surface area contributed by atoms with Gasteiger partial charge in [0.15, 0.2) is 0 Å². The highest BCUT2D eigenvalue weighted by atomic mass is 32.2. The zero-order valence-corrected chi connectivity index (χ0v) is 25.4. The van der Waals surface area contributed by atoms with Crippen molar-refractivity contribution in [2.75, 3.05) is 36.7 Å². The van der Waals surface area contributed by atoms with E-state index < -0.39 is 23.9 Å². The summed E-state index contributed by atoms with van der Waals surface area (Å²) in [6.45, 7) is 9.82. The summed E-state index contributed by atoms with van der Waals surface area (Å²) in [7, 11) is 1.58. The fraction of sp³-hybridized carbons (Fsp3) is 0.633. The number of cyclic esters (lactones) is 1. The zero-order valence-electron chi connectivity index (χ0n) is 24.6. The molecule has 1 saturated heterocycles. The van der Waals surface area contributed by atoms with Crippen molar-refractivity contribution < 1.29 is 29.0 Å². The second kappa shape index (κ2) is 14.8. The molecule has 0 radical (unpaired) electrons. The molecule has 0 aliphatic carbocycles. The van der Waals surface area contributed by atoms with Crippen molar-refractivity contribution in [1.82, 2.24) is 4.90 Å². The van der Waals surface area contributed by atoms with Gasteiger partial charge in [-0.3, -0.25) is 14.6 Å². The lowest BCUT2D eigenvalue weighted by Gasteiger charge is -2.33. The Morgan fingerprint density at radius 3 is 2.62 bits per heavy atom. The molecule has 3 rings (SSSR count). The first kappa shape index (κ1) is 31.8. The fourth-order valence-electron chi connectivity index (χ4n) is 5.75. The molecule has 222 valence electrons. The van der Waals surface area contributed by atoms with Crippen LogP contribution in [0.4, 0.5) is 10.5 Å². The Balaban J connectivity index is 2.02. The SMILES string of the molecule is CCCCC(CC)N(C(N)=O)c1c(C/C=C(\C)CC(CCN2CCSC2)C(=O)O)c(OC)c(C)c2c1C(=O)OC2. The number of carboxylic acid groups (broad SMARTS) is 1. The molecule has 0 spiro atoms. The maximum atomic E-state index is 13.1. The van der Waals surface area contributed by atoms with Crippen LogP contribution >= 0.6 is 11.8 Å². The number of benzene rings is 1. The van der Waals surface area contributed by atoms with Gasteiger partial charge in [-0.1, -0.05) is 38.3 Å². The highest BCUT2D eigenvalue weighted by Crippen LogP contribution is 2.44. The van der Waals surface area contributed by atoms with Crippen molar-refractivity contribution in [3.8, 4) is 5.75 Å². The molecule has 0 aromatic heterocycles. The third kappa shape index (κ3) is 7.32. The van der Waals surface area contributed by atoms with E-state index in [4.69, 9.17) is 15.2 Å². The first-order chi connectivity index (χ1) is 19.1. The molecule has 40 heavy (non-hydrogen) atoms. The molecule has 10 heteroatoms. The van der Waals surface area contributed by atoms with Gasteiger partial charge >= 0.3 is 18.0 Å². The number of hydrogen-bond donors (Lipinski definition) is 2. The number of rotatable bonds is 15. The molecule has 2 amide bonds. The van der Waals surface area contributed by atoms with Gasteiger partial charge in [0.1, 0.15) is 12.4 Å². The maximum absolute atomic E-state index is 13.1. The topological polar surface area (TPSA) is 122 Å². The van der Waals surface area contributed by atoms with Crippen LogP contribution in [0.5, 0.6) is 5.75 Å². The van der Waals surface area contributed by atoms with Crippen molar-refractivity contribution in [1.29, 1.82) is 0 Å². The summed E-state index contributed by atoms with van der Waals surface area (Å²) in [6, 6.07) is -0.810. The minimum absolute atomic E-state index is 0.118. The second-order valence-electron chi connectivity index (χ2n) is 10.8. The molecule has 2 heterocycles. The van der Waals surface area contributed by atoms with Gasteiger partial charge in [-0.15, -0.1) is 11.8 Å². The smallest absolute Gasteiger partial charge is 0.341 e. The Morgan fingerprint density at radius 1 is 1.30 bits per heavy atom. The lowest BCUT2D eigenvalue weighted by atomic mass is 9.90. The fourth-order valence-corrected chi connectivity index (χ4v) is 6.78. The summed E-state index contributed by atoms with van der Waals surface area (Å²) in [4.78, 5) is 42.0. The average Bonchev–Trinajstić information content (AvgIpc) is 3.58. The number of nitrogens with zero attached hydrogens (tertiary/aromatic N) is 2. The predicted molar refractivity (Wildman–Crippen MR) is 159 cm³/mol. The van der Waals surface area contributed by atoms with E-state index in [2.05, 4.69) is 11.8 Å². The van der Waals surface area contributed by atoms with E-state index in [0.717, 1.165) is 55.1 Å². The summed E-state index contributed by atoms with van der Waals surface area (Å²) in [5, 5.41) is 9.89. The van der Waals surface area contributed by atoms with Gasteiger partial charge in [0, 0.05) is 35.3 Å². The van der Waals surface area contributed by atoms with Crippen LogP contribution in [-0.2, 0) is 22.6 Å². The second-order valence-corrected chi connectivity index (χ2v) is 11.8. The molecule has 1 aromatic carbocycles. The van der Waals surface area contributed by atoms with Crippen molar-refractivity contribution in [2.24, 2.45) is 11.7 Å². The molecule has 1 aromatic rings. The minimum atomic E-state index is -0.796. The van der Waals surface area contributed by atoms with Gasteiger partial charge in [-0.05, 0) is 58.1 Å². The summed E-state index contributed by atoms with van der Waals surface area (Å²) in [5.74, 6) is 0.886. The first-order valence-corrected chi connectivity index (χ1v) is 15.5. The number of fused-ring (bicyclic) bond motifs is 1. The van der Waals surface area contributed by atoms with Crippen LogP contribution < -0.4 is 15.4 Å². The van der Waals surface area contributed by atoms with Gasteiger partial charge in [0.2, 0.25) is 0 Å². The number of ether oxygens (including phenoxy) is 2. The largest absolute Gasteiger partial charge is 0.496 e. The molecule has 0 saturated carbocycles. The normalized spacial score (nSPS) is 16.9. The van der Waals surface area contributed by atoms with E-state index in [0.29, 0.717) is 53.8 Å². The van der Waals surface area contributed by atoms with Crippen LogP contribution in [0.15, 0.2) is 11.6 Å². The summed E-state index contributed by atoms with van der Waals surface area (Å²) in [5.41, 5.74) is 9.96. The van der Waals surface area contributed by atoms with Crippen molar-refractivity contribution >= 4 is 35.4 Å². The molecule has 9 nitrogen and oxygen atoms in total. The lowest BCUT2D eigenvalue weighted by Crippen LogP contribution is -2.45. The molecule has 2 atom stereocenters. The van der Waals surface area contributed by atoms with E-state index in [9.17, 15) is 19.5 Å². The quantitative estimate of drug-likeness (QED) is 0.208. The molecular weight excluding hydrogens is 530 g/mol. The maximum Gasteiger partial charge on any atom is 0.341 e. The number of carboxylic acids is 1. The van der Waals surface area contributed by atoms with Crippen LogP contribution in [0.25, 0.3) is 0 Å². The van der Waals surface area contributed by atoms with E-state index in [1.165, 1.54) is 0 Å². The predicted octanol–water partition coefficient (Wildman–Crippen LogP) is 5.50. The number of carbonyl (C=O) groups excluding carboxylic acids is 2. The van der Waals surface area contributed by atoms with Gasteiger partial charge < -0.3 is 20.3 Å². The number of aliphatic carboxylic acids is 1. The number of thioether (sulfide) groups is 1. The Bertz CT molecular complexity index is 1120. The highest BCUT2D eigenvalue weighted by molar-refractivity contribution is 7.99. The number of allylic oxidation sites excluding steroid dienone is 2. The number of methoxy groups -OCH3 is 1. The number of primary amides is 1. The van der Waals surface area contributed by atoms with Gasteiger partial charge in [0.25, 0.3) is 0 Å². The average molecular weight is 576 g/mol. The molecule has 2 aliphatic rings. The van der Waals surface area contributed by atoms with Gasteiger partial charge in [-0.25, -0.2) is 9.59 Å². The van der Waals surface area contributed by atoms with Crippen molar-refractivity contribution in [2.45, 2.75) is 85.3 Å². The number of amides is 2. The summed E-state index contributed by atoms with van der Waals surface area (Å²) >= 11 is 1.87. The Hall–Kier alpha value is -2.72. The highest BCUT2D eigenvalue weighted by Gasteiger charge is 2.37. The zero-order chi connectivity index (χ0) is 29.4. The molecule has 2 unspecified atom stereocenters. The standard InChI is InChI=1S/C30H45N3O6S/c1-6-8-9-22(7-2)33(30(31)37)26-23(27(38-5)20(4)24-17-39-29(36)25(24)26)11-10-19(3)16-21(28(34)35)12-13-32-14-15-40-18-32/h10,21-22H,6-9,11-18H2,1-5H3,(H2,31,37)(H,34,35)/b19-10+. The number of unbranched alkanes of at least 4 members (excludes halogenated alkanes) is 1.